The van der Waals surface area contributed by atoms with Crippen molar-refractivity contribution in [2.24, 2.45) is 12.0 Å². The molecule has 0 aliphatic carbocycles. The van der Waals surface area contributed by atoms with E-state index in [4.69, 9.17) is 4.74 Å². The number of aromatic nitrogens is 3. The van der Waals surface area contributed by atoms with Crippen molar-refractivity contribution in [3.05, 3.63) is 11.6 Å². The van der Waals surface area contributed by atoms with Gasteiger partial charge in [0.15, 0.2) is 11.8 Å². The fraction of sp³-hybridized carbons (Fsp3) is 0.824. The molecule has 1 aromatic heterocycles. The van der Waals surface area contributed by atoms with Gasteiger partial charge < -0.3 is 19.9 Å². The summed E-state index contributed by atoms with van der Waals surface area (Å²) in [6, 6.07) is 0. The van der Waals surface area contributed by atoms with Crippen molar-refractivity contribution >= 4 is 41.7 Å². The summed E-state index contributed by atoms with van der Waals surface area (Å²) in [5, 5.41) is 15.1. The normalized spacial score (nSPS) is 17.9. The minimum Gasteiger partial charge on any atom is -0.376 e. The van der Waals surface area contributed by atoms with E-state index in [1.54, 1.807) is 0 Å². The van der Waals surface area contributed by atoms with Gasteiger partial charge in [0.2, 0.25) is 0 Å². The van der Waals surface area contributed by atoms with Gasteiger partial charge in [0, 0.05) is 37.2 Å². The lowest BCUT2D eigenvalue weighted by molar-refractivity contribution is 0.114. The van der Waals surface area contributed by atoms with Gasteiger partial charge in [-0.3, -0.25) is 0 Å². The van der Waals surface area contributed by atoms with E-state index in [2.05, 4.69) is 46.6 Å². The van der Waals surface area contributed by atoms with Gasteiger partial charge in [-0.15, -0.1) is 34.2 Å². The highest BCUT2D eigenvalue weighted by atomic mass is 127. The van der Waals surface area contributed by atoms with Crippen molar-refractivity contribution in [3.63, 3.8) is 0 Å². The Bertz CT molecular complexity index is 566. The van der Waals surface area contributed by atoms with Crippen molar-refractivity contribution in [2.45, 2.75) is 57.9 Å². The maximum absolute atomic E-state index is 5.68. The summed E-state index contributed by atoms with van der Waals surface area (Å²) in [5.74, 6) is 3.60. The molecule has 1 saturated heterocycles. The zero-order valence-electron chi connectivity index (χ0n) is 16.5. The molecule has 1 aromatic rings. The lowest BCUT2D eigenvalue weighted by Crippen LogP contribution is -2.42. The first-order valence-corrected chi connectivity index (χ1v) is 9.96. The van der Waals surface area contributed by atoms with Crippen LogP contribution in [-0.4, -0.2) is 57.0 Å². The van der Waals surface area contributed by atoms with Crippen LogP contribution in [0.15, 0.2) is 4.99 Å². The summed E-state index contributed by atoms with van der Waals surface area (Å²) < 4.78 is 7.93. The van der Waals surface area contributed by atoms with Gasteiger partial charge in [-0.25, -0.2) is 4.99 Å². The molecule has 2 rings (SSSR count). The van der Waals surface area contributed by atoms with Crippen molar-refractivity contribution in [2.75, 3.05) is 25.4 Å². The summed E-state index contributed by atoms with van der Waals surface area (Å²) >= 11 is 1.94. The van der Waals surface area contributed by atoms with Crippen molar-refractivity contribution in [1.29, 1.82) is 0 Å². The van der Waals surface area contributed by atoms with E-state index in [9.17, 15) is 0 Å². The van der Waals surface area contributed by atoms with Crippen LogP contribution in [0.3, 0.4) is 0 Å². The molecule has 1 aliphatic heterocycles. The smallest absolute Gasteiger partial charge is 0.191 e. The number of thioether (sulfide) groups is 1. The molecule has 1 unspecified atom stereocenters. The van der Waals surface area contributed by atoms with E-state index in [-0.39, 0.29) is 34.8 Å². The zero-order chi connectivity index (χ0) is 18.3. The number of halogens is 1. The van der Waals surface area contributed by atoms with Crippen LogP contribution in [0.1, 0.15) is 45.3 Å². The Morgan fingerprint density at radius 1 is 1.35 bits per heavy atom. The van der Waals surface area contributed by atoms with E-state index < -0.39 is 0 Å². The fourth-order valence-corrected chi connectivity index (χ4v) is 3.27. The number of nitrogens with zero attached hydrogens (tertiary/aromatic N) is 4. The number of rotatable bonds is 7. The van der Waals surface area contributed by atoms with Gasteiger partial charge in [-0.2, -0.15) is 11.8 Å². The molecule has 7 nitrogen and oxygen atoms in total. The average Bonchev–Trinajstić information content (AvgIpc) is 3.17. The molecule has 1 atom stereocenters. The molecular weight excluding hydrogens is 463 g/mol. The van der Waals surface area contributed by atoms with Crippen LogP contribution in [0.4, 0.5) is 0 Å². The molecule has 1 aliphatic rings. The predicted octanol–water partition coefficient (Wildman–Crippen LogP) is 2.49. The Balaban J connectivity index is 0.00000338. The van der Waals surface area contributed by atoms with Crippen LogP contribution >= 0.6 is 35.7 Å². The molecule has 0 radical (unpaired) electrons. The Labute approximate surface area is 178 Å². The third-order valence-electron chi connectivity index (χ3n) is 4.01. The topological polar surface area (TPSA) is 76.4 Å². The fourth-order valence-electron chi connectivity index (χ4n) is 2.46. The Morgan fingerprint density at radius 2 is 2.12 bits per heavy atom. The summed E-state index contributed by atoms with van der Waals surface area (Å²) in [6.07, 6.45) is 2.54. The molecule has 0 bridgehead atoms. The van der Waals surface area contributed by atoms with E-state index in [0.29, 0.717) is 6.54 Å². The number of aryl methyl sites for hydroxylation is 1. The Morgan fingerprint density at radius 3 is 2.69 bits per heavy atom. The molecule has 2 N–H and O–H groups in total. The lowest BCUT2D eigenvalue weighted by Gasteiger charge is -2.19. The molecule has 2 heterocycles. The highest BCUT2D eigenvalue weighted by molar-refractivity contribution is 14.0. The molecule has 150 valence electrons. The second-order valence-corrected chi connectivity index (χ2v) is 9.21. The molecule has 0 spiro atoms. The first-order chi connectivity index (χ1) is 11.8. The molecule has 1 fully saturated rings. The summed E-state index contributed by atoms with van der Waals surface area (Å²) in [6.45, 7) is 11.7. The number of hydrogen-bond acceptors (Lipinski definition) is 5. The van der Waals surface area contributed by atoms with Gasteiger partial charge in [-0.1, -0.05) is 20.8 Å². The maximum atomic E-state index is 5.68. The minimum atomic E-state index is 0. The van der Waals surface area contributed by atoms with Crippen molar-refractivity contribution in [1.82, 2.24) is 25.4 Å². The maximum Gasteiger partial charge on any atom is 0.191 e. The largest absolute Gasteiger partial charge is 0.376 e. The van der Waals surface area contributed by atoms with Crippen LogP contribution in [0.2, 0.25) is 0 Å². The number of ether oxygens (including phenoxy) is 1. The average molecular weight is 496 g/mol. The second kappa shape index (κ2) is 11.3. The van der Waals surface area contributed by atoms with E-state index in [0.717, 1.165) is 55.9 Å². The highest BCUT2D eigenvalue weighted by Crippen LogP contribution is 2.21. The van der Waals surface area contributed by atoms with Crippen LogP contribution in [0.25, 0.3) is 0 Å². The Hall–Kier alpha value is -0.550. The van der Waals surface area contributed by atoms with Crippen LogP contribution in [-0.2, 0) is 18.3 Å². The predicted molar refractivity (Wildman–Crippen MR) is 119 cm³/mol. The summed E-state index contributed by atoms with van der Waals surface area (Å²) in [4.78, 5) is 4.67. The molecule has 0 aromatic carbocycles. The van der Waals surface area contributed by atoms with Crippen molar-refractivity contribution in [3.8, 4) is 0 Å². The molecule has 0 amide bonds. The van der Waals surface area contributed by atoms with Gasteiger partial charge >= 0.3 is 0 Å². The van der Waals surface area contributed by atoms with Crippen LogP contribution in [0, 0.1) is 6.92 Å². The van der Waals surface area contributed by atoms with Crippen molar-refractivity contribution < 1.29 is 4.74 Å². The van der Waals surface area contributed by atoms with Gasteiger partial charge in [0.05, 0.1) is 6.10 Å². The SMILES string of the molecule is Cc1nnc(CN=C(NCCSC(C)(C)C)NCC2CCCO2)n1C.I. The zero-order valence-corrected chi connectivity index (χ0v) is 19.7. The lowest BCUT2D eigenvalue weighted by atomic mass is 10.2. The third kappa shape index (κ3) is 8.43. The standard InChI is InChI=1S/C17H32N6OS.HI/c1-13-21-22-15(23(13)5)12-20-16(18-8-10-25-17(2,3)4)19-11-14-7-6-9-24-14;/h14H,6-12H2,1-5H3,(H2,18,19,20);1H. The monoisotopic (exact) mass is 496 g/mol. The molecular formula is C17H33IN6OS. The van der Waals surface area contributed by atoms with E-state index >= 15 is 0 Å². The van der Waals surface area contributed by atoms with E-state index in [1.807, 2.05) is 30.3 Å². The molecule has 0 saturated carbocycles. The Kier molecular flexibility index (Phi) is 10.2. The van der Waals surface area contributed by atoms with Gasteiger partial charge in [0.25, 0.3) is 0 Å². The first-order valence-electron chi connectivity index (χ1n) is 8.98. The van der Waals surface area contributed by atoms with Crippen LogP contribution in [0.5, 0.6) is 0 Å². The number of hydrogen-bond donors (Lipinski definition) is 2. The van der Waals surface area contributed by atoms with E-state index in [1.165, 1.54) is 0 Å². The first kappa shape index (κ1) is 23.5. The minimum absolute atomic E-state index is 0. The third-order valence-corrected chi connectivity index (χ3v) is 5.29. The number of aliphatic imine (C=N–C) groups is 1. The van der Waals surface area contributed by atoms with Gasteiger partial charge in [-0.05, 0) is 19.8 Å². The van der Waals surface area contributed by atoms with Gasteiger partial charge in [0.1, 0.15) is 12.4 Å². The summed E-state index contributed by atoms with van der Waals surface area (Å²) in [5.41, 5.74) is 0. The van der Waals surface area contributed by atoms with Crippen LogP contribution < -0.4 is 10.6 Å². The summed E-state index contributed by atoms with van der Waals surface area (Å²) in [7, 11) is 1.97. The quantitative estimate of drug-likeness (QED) is 0.262. The number of guanidine groups is 1. The number of nitrogens with one attached hydrogen (secondary N) is 2. The second-order valence-electron chi connectivity index (χ2n) is 7.29. The molecule has 26 heavy (non-hydrogen) atoms. The molecule has 9 heteroatoms. The highest BCUT2D eigenvalue weighted by Gasteiger charge is 2.16.